The molecule has 11 heteroatoms. The van der Waals surface area contributed by atoms with Crippen molar-refractivity contribution in [2.45, 2.75) is 6.92 Å². The zero-order valence-electron chi connectivity index (χ0n) is 8.03. The van der Waals surface area contributed by atoms with Crippen molar-refractivity contribution in [1.29, 1.82) is 0 Å². The Balaban J connectivity index is 0. The van der Waals surface area contributed by atoms with Crippen molar-refractivity contribution in [3.05, 3.63) is 24.2 Å². The average molecular weight is 278 g/mol. The van der Waals surface area contributed by atoms with Gasteiger partial charge in [-0.1, -0.05) is 0 Å². The average Bonchev–Trinajstić information content (AvgIpc) is 2.30. The maximum Gasteiger partial charge on any atom is 0.466 e. The van der Waals surface area contributed by atoms with Gasteiger partial charge in [0.15, 0.2) is 0 Å². The van der Waals surface area contributed by atoms with Crippen LogP contribution in [0.5, 0.6) is 0 Å². The fourth-order valence-corrected chi connectivity index (χ4v) is 0.333. The van der Waals surface area contributed by atoms with E-state index in [0.29, 0.717) is 0 Å². The van der Waals surface area contributed by atoms with E-state index in [1.807, 2.05) is 13.0 Å². The third-order valence-electron chi connectivity index (χ3n) is 0.663. The van der Waals surface area contributed by atoms with Crippen LogP contribution in [0.15, 0.2) is 23.0 Å². The zero-order valence-corrected chi connectivity index (χ0v) is 9.82. The van der Waals surface area contributed by atoms with Crippen molar-refractivity contribution in [2.24, 2.45) is 0 Å². The molecule has 0 aliphatic carbocycles. The lowest BCUT2D eigenvalue weighted by Gasteiger charge is -1.82. The van der Waals surface area contributed by atoms with E-state index in [4.69, 9.17) is 42.9 Å². The highest BCUT2D eigenvalue weighted by atomic mass is 31.2. The second-order valence-corrected chi connectivity index (χ2v) is 4.38. The third kappa shape index (κ3) is 49.9. The Morgan fingerprint density at radius 3 is 1.38 bits per heavy atom. The first-order chi connectivity index (χ1) is 6.89. The minimum Gasteiger partial charge on any atom is -0.472 e. The molecular weight excluding hydrogens is 266 g/mol. The van der Waals surface area contributed by atoms with E-state index < -0.39 is 15.6 Å². The van der Waals surface area contributed by atoms with E-state index in [1.165, 1.54) is 5.56 Å². The Kier molecular flexibility index (Phi) is 8.63. The van der Waals surface area contributed by atoms with Gasteiger partial charge in [-0.3, -0.25) is 0 Å². The molecule has 1 aromatic heterocycles. The summed E-state index contributed by atoms with van der Waals surface area (Å²) in [4.78, 5) is 43.1. The molecule has 0 saturated carbocycles. The Labute approximate surface area is 90.5 Å². The molecule has 0 spiro atoms. The quantitative estimate of drug-likeness (QED) is 0.350. The first-order valence-electron chi connectivity index (χ1n) is 3.45. The lowest BCUT2D eigenvalue weighted by molar-refractivity contribution is 0.272. The summed E-state index contributed by atoms with van der Waals surface area (Å²) in [5, 5.41) is 0. The topological polar surface area (TPSA) is 169 Å². The summed E-state index contributed by atoms with van der Waals surface area (Å²) in [5.74, 6) is 0. The molecule has 0 radical (unpaired) electrons. The van der Waals surface area contributed by atoms with E-state index in [1.54, 1.807) is 12.5 Å². The number of hydrogen-bond donors (Lipinski definition) is 6. The van der Waals surface area contributed by atoms with Crippen molar-refractivity contribution < 1.29 is 42.9 Å². The molecule has 0 saturated heterocycles. The van der Waals surface area contributed by atoms with Gasteiger partial charge in [0.1, 0.15) is 0 Å². The molecule has 0 unspecified atom stereocenters. The molecule has 0 aromatic carbocycles. The zero-order chi connectivity index (χ0) is 13.4. The van der Waals surface area contributed by atoms with E-state index in [0.717, 1.165) is 0 Å². The molecule has 6 N–H and O–H groups in total. The molecular formula is C5H12O9P2. The fraction of sp³-hybridized carbons (Fsp3) is 0.200. The summed E-state index contributed by atoms with van der Waals surface area (Å²) < 4.78 is 22.5. The van der Waals surface area contributed by atoms with Crippen molar-refractivity contribution >= 4 is 15.6 Å². The van der Waals surface area contributed by atoms with Gasteiger partial charge < -0.3 is 33.8 Å². The van der Waals surface area contributed by atoms with Crippen LogP contribution < -0.4 is 0 Å². The number of hydrogen-bond acceptors (Lipinski definition) is 3. The maximum absolute atomic E-state index is 8.88. The van der Waals surface area contributed by atoms with Crippen LogP contribution in [-0.4, -0.2) is 29.4 Å². The normalized spacial score (nSPS) is 10.7. The summed E-state index contributed by atoms with van der Waals surface area (Å²) in [6.45, 7) is 1.99. The standard InChI is InChI=1S/C5H6O.2H3O4P/c1-5-2-3-6-4-5;2*1-5(2,3)4/h2-4H,1H3;2*(H3,1,2,3,4). The minimum atomic E-state index is -4.64. The van der Waals surface area contributed by atoms with E-state index >= 15 is 0 Å². The molecule has 0 amide bonds. The molecule has 96 valence electrons. The van der Waals surface area contributed by atoms with Crippen LogP contribution in [0.3, 0.4) is 0 Å². The van der Waals surface area contributed by atoms with Crippen LogP contribution in [0.2, 0.25) is 0 Å². The molecule has 16 heavy (non-hydrogen) atoms. The first kappa shape index (κ1) is 17.9. The van der Waals surface area contributed by atoms with Crippen LogP contribution in [0.4, 0.5) is 0 Å². The van der Waals surface area contributed by atoms with Gasteiger partial charge in [-0.15, -0.1) is 0 Å². The first-order valence-corrected chi connectivity index (χ1v) is 6.58. The minimum absolute atomic E-state index is 1.18. The lowest BCUT2D eigenvalue weighted by Crippen LogP contribution is -1.66. The largest absolute Gasteiger partial charge is 0.472 e. The smallest absolute Gasteiger partial charge is 0.466 e. The van der Waals surface area contributed by atoms with Gasteiger partial charge in [0.2, 0.25) is 0 Å². The van der Waals surface area contributed by atoms with Crippen molar-refractivity contribution in [3.8, 4) is 0 Å². The Morgan fingerprint density at radius 2 is 1.31 bits per heavy atom. The van der Waals surface area contributed by atoms with Crippen LogP contribution in [0.25, 0.3) is 0 Å². The number of furan rings is 1. The predicted octanol–water partition coefficient (Wildman–Crippen LogP) is -0.269. The lowest BCUT2D eigenvalue weighted by atomic mass is 10.4. The van der Waals surface area contributed by atoms with E-state index in [2.05, 4.69) is 0 Å². The number of aryl methyl sites for hydroxylation is 1. The molecule has 1 aromatic rings. The highest BCUT2D eigenvalue weighted by molar-refractivity contribution is 7.45. The van der Waals surface area contributed by atoms with Gasteiger partial charge in [0, 0.05) is 0 Å². The van der Waals surface area contributed by atoms with Gasteiger partial charge in [0.25, 0.3) is 0 Å². The van der Waals surface area contributed by atoms with E-state index in [9.17, 15) is 0 Å². The Hall–Kier alpha value is -0.500. The van der Waals surface area contributed by atoms with Crippen LogP contribution >= 0.6 is 15.6 Å². The molecule has 0 aliphatic heterocycles. The molecule has 0 fully saturated rings. The van der Waals surface area contributed by atoms with Crippen molar-refractivity contribution in [2.75, 3.05) is 0 Å². The highest BCUT2D eigenvalue weighted by Crippen LogP contribution is 2.26. The van der Waals surface area contributed by atoms with Crippen molar-refractivity contribution in [1.82, 2.24) is 0 Å². The molecule has 1 rings (SSSR count). The Morgan fingerprint density at radius 1 is 1.00 bits per heavy atom. The van der Waals surface area contributed by atoms with Crippen LogP contribution in [0.1, 0.15) is 5.56 Å². The predicted molar refractivity (Wildman–Crippen MR) is 52.0 cm³/mol. The molecule has 0 aliphatic rings. The van der Waals surface area contributed by atoms with Crippen LogP contribution in [0, 0.1) is 6.92 Å². The summed E-state index contributed by atoms with van der Waals surface area (Å²) in [6, 6.07) is 1.92. The molecule has 0 bridgehead atoms. The molecule has 9 nitrogen and oxygen atoms in total. The van der Waals surface area contributed by atoms with Crippen LogP contribution in [-0.2, 0) is 9.13 Å². The number of phosphoric acid groups is 2. The highest BCUT2D eigenvalue weighted by Gasteiger charge is 2.00. The summed E-state index contributed by atoms with van der Waals surface area (Å²) in [7, 11) is -9.28. The van der Waals surface area contributed by atoms with Gasteiger partial charge in [-0.2, -0.15) is 0 Å². The number of rotatable bonds is 0. The summed E-state index contributed by atoms with van der Waals surface area (Å²) in [6.07, 6.45) is 3.37. The molecule has 0 atom stereocenters. The SMILES string of the molecule is Cc1ccoc1.O=P(O)(O)O.O=P(O)(O)O. The Bertz CT molecular complexity index is 309. The van der Waals surface area contributed by atoms with Crippen molar-refractivity contribution in [3.63, 3.8) is 0 Å². The maximum atomic E-state index is 8.88. The van der Waals surface area contributed by atoms with Gasteiger partial charge in [0.05, 0.1) is 12.5 Å². The fourth-order valence-electron chi connectivity index (χ4n) is 0.333. The summed E-state index contributed by atoms with van der Waals surface area (Å²) >= 11 is 0. The third-order valence-corrected chi connectivity index (χ3v) is 0.663. The summed E-state index contributed by atoms with van der Waals surface area (Å²) in [5.41, 5.74) is 1.18. The van der Waals surface area contributed by atoms with E-state index in [-0.39, 0.29) is 0 Å². The second kappa shape index (κ2) is 7.72. The van der Waals surface area contributed by atoms with Gasteiger partial charge in [-0.05, 0) is 18.6 Å². The molecule has 1 heterocycles. The monoisotopic (exact) mass is 278 g/mol. The second-order valence-electron chi connectivity index (χ2n) is 2.33. The van der Waals surface area contributed by atoms with Gasteiger partial charge >= 0.3 is 15.6 Å². The van der Waals surface area contributed by atoms with Gasteiger partial charge in [-0.25, -0.2) is 9.13 Å².